The van der Waals surface area contributed by atoms with Crippen molar-refractivity contribution in [1.82, 2.24) is 9.97 Å². The van der Waals surface area contributed by atoms with Crippen LogP contribution in [-0.2, 0) is 0 Å². The number of pyridine rings is 2. The van der Waals surface area contributed by atoms with Crippen molar-refractivity contribution in [3.05, 3.63) is 131 Å². The molecule has 0 aliphatic carbocycles. The summed E-state index contributed by atoms with van der Waals surface area (Å²) in [6.45, 7) is 6.95. The van der Waals surface area contributed by atoms with Gasteiger partial charge in [-0.25, -0.2) is 14.4 Å². The zero-order valence-electron chi connectivity index (χ0n) is 24.3. The first-order valence-corrected chi connectivity index (χ1v) is 13.7. The Labute approximate surface area is 249 Å². The molecule has 210 valence electrons. The van der Waals surface area contributed by atoms with Gasteiger partial charge in [-0.05, 0) is 84.1 Å². The lowest BCUT2D eigenvalue weighted by molar-refractivity contribution is 0.100. The zero-order chi connectivity index (χ0) is 30.7. The average molecular weight is 566 g/mol. The molecule has 0 N–H and O–H groups in total. The third-order valence-corrected chi connectivity index (χ3v) is 7.14. The first kappa shape index (κ1) is 29.0. The molecule has 0 aliphatic rings. The van der Waals surface area contributed by atoms with Gasteiger partial charge in [0.05, 0.1) is 22.7 Å². The topological polar surface area (TPSA) is 83.7 Å². The predicted octanol–water partition coefficient (Wildman–Crippen LogP) is 8.84. The molecule has 6 aromatic rings. The molecule has 6 heteroatoms. The van der Waals surface area contributed by atoms with E-state index in [0.29, 0.717) is 33.6 Å². The number of benzene rings is 4. The lowest BCUT2D eigenvalue weighted by Gasteiger charge is -2.10. The summed E-state index contributed by atoms with van der Waals surface area (Å²) in [5, 5.41) is 10.8. The van der Waals surface area contributed by atoms with E-state index < -0.39 is 0 Å². The second kappa shape index (κ2) is 12.1. The first-order valence-electron chi connectivity index (χ1n) is 13.7. The van der Waals surface area contributed by atoms with Crippen LogP contribution >= 0.6 is 0 Å². The molecule has 0 fully saturated rings. The van der Waals surface area contributed by atoms with Crippen LogP contribution < -0.4 is 0 Å². The maximum absolute atomic E-state index is 14.1. The smallest absolute Gasteiger partial charge is 0.178 e. The van der Waals surface area contributed by atoms with E-state index in [-0.39, 0.29) is 17.4 Å². The van der Waals surface area contributed by atoms with Crippen molar-refractivity contribution in [2.45, 2.75) is 27.7 Å². The van der Waals surface area contributed by atoms with Gasteiger partial charge < -0.3 is 0 Å². The molecule has 4 aromatic carbocycles. The third kappa shape index (κ3) is 6.22. The highest BCUT2D eigenvalue weighted by molar-refractivity contribution is 6.02. The number of carbonyl (C=O) groups excluding carboxylic acids is 2. The number of halogens is 1. The number of ketones is 2. The number of Topliss-reactive ketones (excluding diaryl/α,β-unsaturated/α-hetero) is 2. The van der Waals surface area contributed by atoms with Crippen LogP contribution in [-0.4, -0.2) is 21.5 Å². The van der Waals surface area contributed by atoms with Crippen molar-refractivity contribution in [2.24, 2.45) is 0 Å². The minimum Gasteiger partial charge on any atom is -0.293 e. The van der Waals surface area contributed by atoms with Crippen LogP contribution in [0.4, 0.5) is 4.39 Å². The SMILES string of the molecule is CC(=O)c1cc(-c2ccc(C#N)cc2)c2ccc(C)cc2n1.CC(=O)c1cc(-c2ccccc2F)c2ccc(C)cc2n1. The van der Waals surface area contributed by atoms with Crippen LogP contribution in [0.1, 0.15) is 51.5 Å². The summed E-state index contributed by atoms with van der Waals surface area (Å²) in [6.07, 6.45) is 0. The molecule has 0 saturated heterocycles. The minimum atomic E-state index is -0.305. The highest BCUT2D eigenvalue weighted by Gasteiger charge is 2.14. The molecular weight excluding hydrogens is 537 g/mol. The molecule has 0 unspecified atom stereocenters. The van der Waals surface area contributed by atoms with Gasteiger partial charge >= 0.3 is 0 Å². The van der Waals surface area contributed by atoms with Gasteiger partial charge in [0, 0.05) is 30.2 Å². The lowest BCUT2D eigenvalue weighted by atomic mass is 9.98. The predicted molar refractivity (Wildman–Crippen MR) is 169 cm³/mol. The largest absolute Gasteiger partial charge is 0.293 e. The van der Waals surface area contributed by atoms with Crippen molar-refractivity contribution in [1.29, 1.82) is 5.26 Å². The van der Waals surface area contributed by atoms with Crippen LogP contribution in [0.5, 0.6) is 0 Å². The fourth-order valence-electron chi connectivity index (χ4n) is 4.90. The molecule has 0 radical (unpaired) electrons. The number of rotatable bonds is 4. The first-order chi connectivity index (χ1) is 20.6. The Bertz CT molecular complexity index is 2080. The van der Waals surface area contributed by atoms with Crippen LogP contribution in [0.25, 0.3) is 44.1 Å². The quantitative estimate of drug-likeness (QED) is 0.199. The van der Waals surface area contributed by atoms with Gasteiger partial charge in [0.2, 0.25) is 0 Å². The molecule has 2 aromatic heterocycles. The number of nitrogens with zero attached hydrogens (tertiary/aromatic N) is 3. The highest BCUT2D eigenvalue weighted by atomic mass is 19.1. The van der Waals surface area contributed by atoms with Crippen molar-refractivity contribution in [2.75, 3.05) is 0 Å². The number of aromatic nitrogens is 2. The van der Waals surface area contributed by atoms with E-state index in [0.717, 1.165) is 38.5 Å². The van der Waals surface area contributed by atoms with Gasteiger partial charge in [-0.15, -0.1) is 0 Å². The molecule has 0 aliphatic heterocycles. The van der Waals surface area contributed by atoms with E-state index in [1.165, 1.54) is 19.9 Å². The van der Waals surface area contributed by atoms with Crippen LogP contribution in [0.15, 0.2) is 97.1 Å². The fourth-order valence-corrected chi connectivity index (χ4v) is 4.90. The number of hydrogen-bond acceptors (Lipinski definition) is 5. The molecule has 2 heterocycles. The number of fused-ring (bicyclic) bond motifs is 2. The minimum absolute atomic E-state index is 0.0571. The molecule has 43 heavy (non-hydrogen) atoms. The Kier molecular flexibility index (Phi) is 8.18. The van der Waals surface area contributed by atoms with E-state index in [1.54, 1.807) is 36.4 Å². The second-order valence-corrected chi connectivity index (χ2v) is 10.4. The van der Waals surface area contributed by atoms with E-state index in [9.17, 15) is 14.0 Å². The van der Waals surface area contributed by atoms with E-state index in [1.807, 2.05) is 68.4 Å². The molecule has 0 atom stereocenters. The number of nitriles is 1. The standard InChI is InChI=1S/C19H14N2O.C18H14FNO/c1-12-3-8-16-17(15-6-4-14(11-20)5-7-15)10-18(13(2)22)21-19(16)9-12;1-11-7-8-14-15(13-5-3-4-6-16(13)19)10-17(12(2)21)20-18(14)9-11/h3-10H,1-2H3;3-10H,1-2H3. The Morgan fingerprint density at radius 1 is 0.651 bits per heavy atom. The van der Waals surface area contributed by atoms with Gasteiger partial charge in [0.25, 0.3) is 0 Å². The maximum atomic E-state index is 14.1. The van der Waals surface area contributed by atoms with E-state index in [2.05, 4.69) is 16.0 Å². The summed E-state index contributed by atoms with van der Waals surface area (Å²) < 4.78 is 14.1. The van der Waals surface area contributed by atoms with E-state index >= 15 is 0 Å². The van der Waals surface area contributed by atoms with Gasteiger partial charge in [0.1, 0.15) is 17.2 Å². The highest BCUT2D eigenvalue weighted by Crippen LogP contribution is 2.32. The van der Waals surface area contributed by atoms with Crippen LogP contribution in [0.3, 0.4) is 0 Å². The summed E-state index contributed by atoms with van der Waals surface area (Å²) in [4.78, 5) is 32.3. The average Bonchev–Trinajstić information content (AvgIpc) is 3.00. The Morgan fingerprint density at radius 3 is 1.67 bits per heavy atom. The summed E-state index contributed by atoms with van der Waals surface area (Å²) in [5.41, 5.74) is 8.21. The van der Waals surface area contributed by atoms with Crippen molar-refractivity contribution in [3.8, 4) is 28.3 Å². The normalized spacial score (nSPS) is 10.6. The molecule has 6 rings (SSSR count). The third-order valence-electron chi connectivity index (χ3n) is 7.14. The van der Waals surface area contributed by atoms with Crippen LogP contribution in [0, 0.1) is 31.0 Å². The van der Waals surface area contributed by atoms with Crippen LogP contribution in [0.2, 0.25) is 0 Å². The Morgan fingerprint density at radius 2 is 1.16 bits per heavy atom. The van der Waals surface area contributed by atoms with Gasteiger partial charge in [-0.3, -0.25) is 9.59 Å². The fraction of sp³-hybridized carbons (Fsp3) is 0.108. The van der Waals surface area contributed by atoms with E-state index in [4.69, 9.17) is 5.26 Å². The summed E-state index contributed by atoms with van der Waals surface area (Å²) in [5.74, 6) is -0.491. The molecular formula is C37H28FN3O2. The summed E-state index contributed by atoms with van der Waals surface area (Å²) >= 11 is 0. The monoisotopic (exact) mass is 565 g/mol. The number of hydrogen-bond donors (Lipinski definition) is 0. The van der Waals surface area contributed by atoms with Crippen molar-refractivity contribution >= 4 is 33.4 Å². The van der Waals surface area contributed by atoms with Crippen molar-refractivity contribution < 1.29 is 14.0 Å². The molecule has 0 amide bonds. The lowest BCUT2D eigenvalue weighted by Crippen LogP contribution is -1.99. The van der Waals surface area contributed by atoms with Crippen molar-refractivity contribution in [3.63, 3.8) is 0 Å². The summed E-state index contributed by atoms with van der Waals surface area (Å²) in [6, 6.07) is 31.4. The summed E-state index contributed by atoms with van der Waals surface area (Å²) in [7, 11) is 0. The molecule has 0 bridgehead atoms. The zero-order valence-corrected chi connectivity index (χ0v) is 24.3. The molecule has 0 spiro atoms. The van der Waals surface area contributed by atoms with Gasteiger partial charge in [-0.1, -0.05) is 54.6 Å². The Hall–Kier alpha value is -5.54. The Balaban J connectivity index is 0.000000171. The number of aryl methyl sites for hydroxylation is 2. The van der Waals surface area contributed by atoms with Gasteiger partial charge in [0.15, 0.2) is 11.6 Å². The number of carbonyl (C=O) groups is 2. The second-order valence-electron chi connectivity index (χ2n) is 10.4. The van der Waals surface area contributed by atoms with Gasteiger partial charge in [-0.2, -0.15) is 5.26 Å². The molecule has 0 saturated carbocycles. The maximum Gasteiger partial charge on any atom is 0.178 e. The molecule has 5 nitrogen and oxygen atoms in total.